The number of para-hydroxylation sites is 1. The number of ketones is 1. The largest absolute Gasteiger partial charge is 0.377 e. The Morgan fingerprint density at radius 1 is 0.722 bits per heavy atom. The number of hydrogen-bond acceptors (Lipinski definition) is 4. The number of carbonyl (C=O) groups is 3. The number of amides is 2. The van der Waals surface area contributed by atoms with Crippen LogP contribution in [-0.2, 0) is 4.79 Å². The summed E-state index contributed by atoms with van der Waals surface area (Å²) in [6.45, 7) is 2.33. The first-order chi connectivity index (χ1) is 17.6. The quantitative estimate of drug-likeness (QED) is 0.598. The Balaban J connectivity index is 1.21. The van der Waals surface area contributed by atoms with Crippen LogP contribution >= 0.6 is 0 Å². The van der Waals surface area contributed by atoms with Crippen LogP contribution in [0.4, 0.5) is 5.69 Å². The van der Waals surface area contributed by atoms with Gasteiger partial charge in [-0.25, -0.2) is 0 Å². The van der Waals surface area contributed by atoms with Crippen LogP contribution in [0, 0.1) is 5.92 Å². The van der Waals surface area contributed by atoms with Gasteiger partial charge in [-0.05, 0) is 48.2 Å². The number of nitrogens with zero attached hydrogens (tertiary/aromatic N) is 2. The van der Waals surface area contributed by atoms with Crippen molar-refractivity contribution in [3.05, 3.63) is 101 Å². The number of hydrogen-bond donors (Lipinski definition) is 1. The van der Waals surface area contributed by atoms with E-state index < -0.39 is 0 Å². The lowest BCUT2D eigenvalue weighted by Crippen LogP contribution is -2.51. The van der Waals surface area contributed by atoms with Crippen molar-refractivity contribution >= 4 is 23.3 Å². The lowest BCUT2D eigenvalue weighted by atomic mass is 9.78. The Labute approximate surface area is 210 Å². The molecule has 0 radical (unpaired) electrons. The van der Waals surface area contributed by atoms with Crippen LogP contribution in [0.2, 0.25) is 0 Å². The van der Waals surface area contributed by atoms with Crippen LogP contribution < -0.4 is 5.32 Å². The second-order valence-corrected chi connectivity index (χ2v) is 9.93. The summed E-state index contributed by atoms with van der Waals surface area (Å²) in [4.78, 5) is 42.8. The highest BCUT2D eigenvalue weighted by molar-refractivity contribution is 6.08. The Morgan fingerprint density at radius 2 is 1.36 bits per heavy atom. The molecule has 2 atom stereocenters. The molecule has 6 heteroatoms. The molecule has 2 amide bonds. The molecule has 6 rings (SSSR count). The minimum atomic E-state index is -0.361. The SMILES string of the molecule is O=C1c2ccccc2NC(c2ccc(C(=O)N3CCN(C(=O)C4CC4)CC3)cc2)C1c1ccccc1. The van der Waals surface area contributed by atoms with Crippen molar-refractivity contribution in [2.45, 2.75) is 24.8 Å². The molecule has 2 unspecified atom stereocenters. The van der Waals surface area contributed by atoms with Gasteiger partial charge < -0.3 is 15.1 Å². The maximum atomic E-state index is 13.6. The molecule has 0 aromatic heterocycles. The first-order valence-corrected chi connectivity index (χ1v) is 12.7. The summed E-state index contributed by atoms with van der Waals surface area (Å²) in [6.07, 6.45) is 2.00. The van der Waals surface area contributed by atoms with E-state index in [1.807, 2.05) is 88.7 Å². The number of benzene rings is 3. The molecule has 0 bridgehead atoms. The molecular formula is C30H29N3O3. The Morgan fingerprint density at radius 3 is 2.06 bits per heavy atom. The highest BCUT2D eigenvalue weighted by atomic mass is 16.2. The molecule has 1 N–H and O–H groups in total. The number of anilines is 1. The number of carbonyl (C=O) groups excluding carboxylic acids is 3. The van der Waals surface area contributed by atoms with E-state index in [1.165, 1.54) is 0 Å². The molecule has 3 aliphatic rings. The van der Waals surface area contributed by atoms with Crippen molar-refractivity contribution in [3.63, 3.8) is 0 Å². The zero-order valence-corrected chi connectivity index (χ0v) is 20.1. The third-order valence-electron chi connectivity index (χ3n) is 7.60. The highest BCUT2D eigenvalue weighted by Gasteiger charge is 2.38. The van der Waals surface area contributed by atoms with Crippen LogP contribution in [0.3, 0.4) is 0 Å². The molecule has 2 aliphatic heterocycles. The van der Waals surface area contributed by atoms with Gasteiger partial charge >= 0.3 is 0 Å². The predicted octanol–water partition coefficient (Wildman–Crippen LogP) is 4.51. The van der Waals surface area contributed by atoms with E-state index in [1.54, 1.807) is 0 Å². The molecule has 3 aromatic carbocycles. The fourth-order valence-corrected chi connectivity index (χ4v) is 5.41. The molecule has 182 valence electrons. The van der Waals surface area contributed by atoms with E-state index in [0.29, 0.717) is 37.3 Å². The fourth-order valence-electron chi connectivity index (χ4n) is 5.41. The number of Topliss-reactive ketones (excluding diaryl/α,β-unsaturated/α-hetero) is 1. The number of fused-ring (bicyclic) bond motifs is 1. The van der Waals surface area contributed by atoms with Crippen LogP contribution in [0.15, 0.2) is 78.9 Å². The minimum Gasteiger partial charge on any atom is -0.377 e. The monoisotopic (exact) mass is 479 g/mol. The first kappa shape index (κ1) is 22.5. The fraction of sp³-hybridized carbons (Fsp3) is 0.300. The first-order valence-electron chi connectivity index (χ1n) is 12.7. The number of piperazine rings is 1. The van der Waals surface area contributed by atoms with Gasteiger partial charge in [-0.15, -0.1) is 0 Å². The van der Waals surface area contributed by atoms with Crippen LogP contribution in [0.1, 0.15) is 56.6 Å². The van der Waals surface area contributed by atoms with Gasteiger partial charge in [0, 0.05) is 48.9 Å². The third kappa shape index (κ3) is 4.17. The number of rotatable bonds is 4. The van der Waals surface area contributed by atoms with E-state index in [4.69, 9.17) is 0 Å². The maximum absolute atomic E-state index is 13.6. The lowest BCUT2D eigenvalue weighted by molar-refractivity contribution is -0.134. The summed E-state index contributed by atoms with van der Waals surface area (Å²) >= 11 is 0. The average molecular weight is 480 g/mol. The zero-order valence-electron chi connectivity index (χ0n) is 20.1. The summed E-state index contributed by atoms with van der Waals surface area (Å²) in [5, 5.41) is 3.58. The lowest BCUT2D eigenvalue weighted by Gasteiger charge is -2.35. The van der Waals surface area contributed by atoms with Crippen molar-refractivity contribution in [1.82, 2.24) is 9.80 Å². The van der Waals surface area contributed by atoms with E-state index in [0.717, 1.165) is 29.7 Å². The van der Waals surface area contributed by atoms with Crippen molar-refractivity contribution in [3.8, 4) is 0 Å². The summed E-state index contributed by atoms with van der Waals surface area (Å²) in [5.41, 5.74) is 4.09. The molecule has 2 heterocycles. The van der Waals surface area contributed by atoms with Crippen LogP contribution in [0.25, 0.3) is 0 Å². The van der Waals surface area contributed by atoms with E-state index in [2.05, 4.69) is 5.32 Å². The summed E-state index contributed by atoms with van der Waals surface area (Å²) in [6, 6.07) is 24.9. The molecule has 1 aliphatic carbocycles. The number of nitrogens with one attached hydrogen (secondary N) is 1. The third-order valence-corrected chi connectivity index (χ3v) is 7.60. The molecular weight excluding hydrogens is 450 g/mol. The van der Waals surface area contributed by atoms with Gasteiger partial charge in [0.05, 0.1) is 12.0 Å². The Kier molecular flexibility index (Phi) is 5.80. The van der Waals surface area contributed by atoms with Crippen molar-refractivity contribution in [1.29, 1.82) is 0 Å². The smallest absolute Gasteiger partial charge is 0.253 e. The minimum absolute atomic E-state index is 0.0160. The van der Waals surface area contributed by atoms with Crippen molar-refractivity contribution < 1.29 is 14.4 Å². The van der Waals surface area contributed by atoms with E-state index in [9.17, 15) is 14.4 Å². The Hall–Kier alpha value is -3.93. The van der Waals surface area contributed by atoms with E-state index in [-0.39, 0.29) is 35.5 Å². The second kappa shape index (κ2) is 9.26. The van der Waals surface area contributed by atoms with Crippen molar-refractivity contribution in [2.24, 2.45) is 5.92 Å². The van der Waals surface area contributed by atoms with Gasteiger partial charge in [-0.2, -0.15) is 0 Å². The van der Waals surface area contributed by atoms with Crippen LogP contribution in [-0.4, -0.2) is 53.6 Å². The Bertz CT molecular complexity index is 1290. The summed E-state index contributed by atoms with van der Waals surface area (Å²) < 4.78 is 0. The van der Waals surface area contributed by atoms with Crippen LogP contribution in [0.5, 0.6) is 0 Å². The topological polar surface area (TPSA) is 69.7 Å². The van der Waals surface area contributed by atoms with Gasteiger partial charge in [0.25, 0.3) is 5.91 Å². The second-order valence-electron chi connectivity index (χ2n) is 9.93. The van der Waals surface area contributed by atoms with Gasteiger partial charge in [-0.3, -0.25) is 14.4 Å². The molecule has 2 fully saturated rings. The standard InChI is InChI=1S/C30H29N3O3/c34-28-24-8-4-5-9-25(24)31-27(26(28)20-6-2-1-3-7-20)21-10-12-22(13-11-21)29(35)32-16-18-33(19-17-32)30(36)23-14-15-23/h1-13,23,26-27,31H,14-19H2. The molecule has 1 saturated heterocycles. The van der Waals surface area contributed by atoms with Gasteiger partial charge in [0.2, 0.25) is 5.91 Å². The normalized spacial score (nSPS) is 21.5. The van der Waals surface area contributed by atoms with Gasteiger partial charge in [0.1, 0.15) is 0 Å². The molecule has 36 heavy (non-hydrogen) atoms. The zero-order chi connectivity index (χ0) is 24.6. The molecule has 3 aromatic rings. The van der Waals surface area contributed by atoms with E-state index >= 15 is 0 Å². The summed E-state index contributed by atoms with van der Waals surface area (Å²) in [7, 11) is 0. The summed E-state index contributed by atoms with van der Waals surface area (Å²) in [5.74, 6) is 0.180. The average Bonchev–Trinajstić information content (AvgIpc) is 3.79. The maximum Gasteiger partial charge on any atom is 0.253 e. The van der Waals surface area contributed by atoms with Gasteiger partial charge in [-0.1, -0.05) is 54.6 Å². The predicted molar refractivity (Wildman–Crippen MR) is 138 cm³/mol. The highest BCUT2D eigenvalue weighted by Crippen LogP contribution is 2.42. The van der Waals surface area contributed by atoms with Gasteiger partial charge in [0.15, 0.2) is 5.78 Å². The molecule has 6 nitrogen and oxygen atoms in total. The van der Waals surface area contributed by atoms with Crippen molar-refractivity contribution in [2.75, 3.05) is 31.5 Å². The molecule has 1 saturated carbocycles. The molecule has 0 spiro atoms.